The Balaban J connectivity index is 2.45. The van der Waals surface area contributed by atoms with Crippen LogP contribution in [-0.4, -0.2) is 15.6 Å². The number of carboxylic acids is 1. The predicted octanol–water partition coefficient (Wildman–Crippen LogP) is 2.80. The zero-order valence-electron chi connectivity index (χ0n) is 10.6. The fraction of sp³-hybridized carbons (Fsp3) is 0.143. The topological polar surface area (TPSA) is 59.3 Å². The van der Waals surface area contributed by atoms with Gasteiger partial charge in [0.2, 0.25) is 0 Å². The second kappa shape index (κ2) is 5.58. The lowest BCUT2D eigenvalue weighted by Crippen LogP contribution is -2.19. The largest absolute Gasteiger partial charge is 0.477 e. The van der Waals surface area contributed by atoms with E-state index in [0.717, 1.165) is 5.56 Å². The van der Waals surface area contributed by atoms with E-state index in [4.69, 9.17) is 5.11 Å². The van der Waals surface area contributed by atoms with Crippen LogP contribution >= 0.6 is 15.9 Å². The maximum absolute atomic E-state index is 13.0. The van der Waals surface area contributed by atoms with E-state index in [9.17, 15) is 14.0 Å². The summed E-state index contributed by atoms with van der Waals surface area (Å²) in [7, 11) is 0. The molecule has 0 aliphatic heterocycles. The van der Waals surface area contributed by atoms with Gasteiger partial charge in [-0.05, 0) is 24.6 Å². The number of aromatic carboxylic acids is 1. The molecule has 2 aromatic rings. The van der Waals surface area contributed by atoms with Crippen LogP contribution in [-0.2, 0) is 6.54 Å². The number of halogens is 2. The summed E-state index contributed by atoms with van der Waals surface area (Å²) in [6, 6.07) is 5.56. The van der Waals surface area contributed by atoms with Gasteiger partial charge in [-0.1, -0.05) is 22.0 Å². The zero-order valence-corrected chi connectivity index (χ0v) is 12.1. The molecule has 0 aliphatic rings. The third-order valence-electron chi connectivity index (χ3n) is 2.93. The van der Waals surface area contributed by atoms with Gasteiger partial charge in [0.05, 0.1) is 0 Å². The van der Waals surface area contributed by atoms with Crippen LogP contribution in [0.1, 0.15) is 21.6 Å². The van der Waals surface area contributed by atoms with Crippen LogP contribution in [0.5, 0.6) is 0 Å². The van der Waals surface area contributed by atoms with Crippen LogP contribution in [0.2, 0.25) is 0 Å². The fourth-order valence-corrected chi connectivity index (χ4v) is 2.31. The standard InChI is InChI=1S/C14H11BrFNO3/c1-8-4-13(18)11(14(19)20)7-17(8)6-9-2-3-10(16)5-12(9)15/h2-5,7H,6H2,1H3,(H,19,20). The number of carbonyl (C=O) groups is 1. The molecule has 0 aliphatic carbocycles. The van der Waals surface area contributed by atoms with E-state index < -0.39 is 11.4 Å². The van der Waals surface area contributed by atoms with Crippen molar-refractivity contribution in [2.75, 3.05) is 0 Å². The molecular formula is C14H11BrFNO3. The molecule has 0 amide bonds. The average molecular weight is 340 g/mol. The highest BCUT2D eigenvalue weighted by molar-refractivity contribution is 9.10. The summed E-state index contributed by atoms with van der Waals surface area (Å²) in [5.41, 5.74) is 0.615. The number of nitrogens with zero attached hydrogens (tertiary/aromatic N) is 1. The van der Waals surface area contributed by atoms with Gasteiger partial charge < -0.3 is 9.67 Å². The maximum atomic E-state index is 13.0. The van der Waals surface area contributed by atoms with Gasteiger partial charge >= 0.3 is 5.97 Å². The first-order valence-corrected chi connectivity index (χ1v) is 6.56. The van der Waals surface area contributed by atoms with Crippen molar-refractivity contribution >= 4 is 21.9 Å². The monoisotopic (exact) mass is 339 g/mol. The molecule has 4 nitrogen and oxygen atoms in total. The van der Waals surface area contributed by atoms with Crippen molar-refractivity contribution in [2.24, 2.45) is 0 Å². The van der Waals surface area contributed by atoms with E-state index in [1.54, 1.807) is 17.6 Å². The van der Waals surface area contributed by atoms with Crippen molar-refractivity contribution in [2.45, 2.75) is 13.5 Å². The summed E-state index contributed by atoms with van der Waals surface area (Å²) < 4.78 is 15.3. The van der Waals surface area contributed by atoms with Crippen molar-refractivity contribution < 1.29 is 14.3 Å². The number of pyridine rings is 1. The van der Waals surface area contributed by atoms with Crippen LogP contribution in [0.4, 0.5) is 4.39 Å². The second-order valence-electron chi connectivity index (χ2n) is 4.36. The van der Waals surface area contributed by atoms with Crippen molar-refractivity contribution in [1.29, 1.82) is 0 Å². The first-order valence-electron chi connectivity index (χ1n) is 5.77. The Morgan fingerprint density at radius 3 is 2.70 bits per heavy atom. The molecule has 104 valence electrons. The number of hydrogen-bond acceptors (Lipinski definition) is 2. The summed E-state index contributed by atoms with van der Waals surface area (Å²) in [5, 5.41) is 8.97. The molecule has 1 heterocycles. The van der Waals surface area contributed by atoms with Crippen molar-refractivity contribution in [3.05, 3.63) is 67.8 Å². The molecule has 0 saturated heterocycles. The molecular weight excluding hydrogens is 329 g/mol. The summed E-state index contributed by atoms with van der Waals surface area (Å²) in [4.78, 5) is 22.5. The molecule has 1 aromatic carbocycles. The Kier molecular flexibility index (Phi) is 4.04. The average Bonchev–Trinajstić information content (AvgIpc) is 2.35. The van der Waals surface area contributed by atoms with Gasteiger partial charge in [-0.2, -0.15) is 0 Å². The summed E-state index contributed by atoms with van der Waals surface area (Å²) in [6.07, 6.45) is 1.30. The highest BCUT2D eigenvalue weighted by Gasteiger charge is 2.11. The Bertz CT molecular complexity index is 740. The SMILES string of the molecule is Cc1cc(=O)c(C(=O)O)cn1Cc1ccc(F)cc1Br. The number of benzene rings is 1. The first-order chi connectivity index (χ1) is 9.38. The van der Waals surface area contributed by atoms with Gasteiger partial charge in [0.1, 0.15) is 11.4 Å². The molecule has 20 heavy (non-hydrogen) atoms. The van der Waals surface area contributed by atoms with E-state index in [-0.39, 0.29) is 11.4 Å². The second-order valence-corrected chi connectivity index (χ2v) is 5.22. The van der Waals surface area contributed by atoms with Crippen LogP contribution < -0.4 is 5.43 Å². The third kappa shape index (κ3) is 2.96. The predicted molar refractivity (Wildman–Crippen MR) is 75.6 cm³/mol. The van der Waals surface area contributed by atoms with Crippen LogP contribution in [0, 0.1) is 12.7 Å². The van der Waals surface area contributed by atoms with Gasteiger partial charge in [0.15, 0.2) is 5.43 Å². The number of aryl methyl sites for hydroxylation is 1. The lowest BCUT2D eigenvalue weighted by molar-refractivity contribution is 0.0694. The molecule has 6 heteroatoms. The highest BCUT2D eigenvalue weighted by Crippen LogP contribution is 2.19. The minimum absolute atomic E-state index is 0.283. The summed E-state index contributed by atoms with van der Waals surface area (Å²) >= 11 is 3.26. The smallest absolute Gasteiger partial charge is 0.341 e. The number of aromatic nitrogens is 1. The summed E-state index contributed by atoms with van der Waals surface area (Å²) in [6.45, 7) is 2.05. The van der Waals surface area contributed by atoms with Gasteiger partial charge in [0, 0.05) is 29.0 Å². The molecule has 1 N–H and O–H groups in total. The Morgan fingerprint density at radius 2 is 2.10 bits per heavy atom. The molecule has 0 bridgehead atoms. The Hall–Kier alpha value is -1.95. The minimum Gasteiger partial charge on any atom is -0.477 e. The van der Waals surface area contributed by atoms with Crippen LogP contribution in [0.25, 0.3) is 0 Å². The minimum atomic E-state index is -1.26. The quantitative estimate of drug-likeness (QED) is 0.935. The van der Waals surface area contributed by atoms with E-state index in [1.807, 2.05) is 0 Å². The molecule has 0 atom stereocenters. The Labute approximate surface area is 122 Å². The van der Waals surface area contributed by atoms with Gasteiger partial charge in [-0.15, -0.1) is 0 Å². The molecule has 0 spiro atoms. The van der Waals surface area contributed by atoms with Crippen LogP contribution in [0.15, 0.2) is 39.7 Å². The maximum Gasteiger partial charge on any atom is 0.341 e. The van der Waals surface area contributed by atoms with Crippen LogP contribution in [0.3, 0.4) is 0 Å². The Morgan fingerprint density at radius 1 is 1.40 bits per heavy atom. The molecule has 0 radical (unpaired) electrons. The molecule has 2 rings (SSSR count). The molecule has 0 saturated carbocycles. The number of rotatable bonds is 3. The number of hydrogen-bond donors (Lipinski definition) is 1. The van der Waals surface area contributed by atoms with Crippen molar-refractivity contribution in [1.82, 2.24) is 4.57 Å². The van der Waals surface area contributed by atoms with E-state index in [0.29, 0.717) is 16.7 Å². The van der Waals surface area contributed by atoms with Crippen molar-refractivity contribution in [3.63, 3.8) is 0 Å². The van der Waals surface area contributed by atoms with E-state index in [1.165, 1.54) is 24.4 Å². The lowest BCUT2D eigenvalue weighted by Gasteiger charge is -2.12. The molecule has 0 unspecified atom stereocenters. The zero-order chi connectivity index (χ0) is 14.9. The molecule has 1 aromatic heterocycles. The van der Waals surface area contributed by atoms with Gasteiger partial charge in [-0.3, -0.25) is 4.79 Å². The fourth-order valence-electron chi connectivity index (χ4n) is 1.84. The number of carboxylic acid groups (broad SMARTS) is 1. The third-order valence-corrected chi connectivity index (χ3v) is 3.67. The van der Waals surface area contributed by atoms with E-state index >= 15 is 0 Å². The normalized spacial score (nSPS) is 10.6. The first kappa shape index (κ1) is 14.5. The van der Waals surface area contributed by atoms with Crippen molar-refractivity contribution in [3.8, 4) is 0 Å². The highest BCUT2D eigenvalue weighted by atomic mass is 79.9. The lowest BCUT2D eigenvalue weighted by atomic mass is 10.2. The summed E-state index contributed by atoms with van der Waals surface area (Å²) in [5.74, 6) is -1.62. The van der Waals surface area contributed by atoms with Gasteiger partial charge in [0.25, 0.3) is 0 Å². The van der Waals surface area contributed by atoms with E-state index in [2.05, 4.69) is 15.9 Å². The van der Waals surface area contributed by atoms with Gasteiger partial charge in [-0.25, -0.2) is 9.18 Å². The molecule has 0 fully saturated rings.